The summed E-state index contributed by atoms with van der Waals surface area (Å²) in [6, 6.07) is 4.69. The second-order valence-corrected chi connectivity index (χ2v) is 5.71. The number of para-hydroxylation sites is 1. The van der Waals surface area contributed by atoms with Crippen LogP contribution in [0, 0.1) is 6.92 Å². The smallest absolute Gasteiger partial charge is 0.349 e. The zero-order valence-corrected chi connectivity index (χ0v) is 15.0. The Bertz CT molecular complexity index is 954. The first-order valence-corrected chi connectivity index (χ1v) is 8.41. The van der Waals surface area contributed by atoms with Crippen molar-refractivity contribution < 1.29 is 23.5 Å². The Morgan fingerprint density at radius 3 is 2.81 bits per heavy atom. The summed E-state index contributed by atoms with van der Waals surface area (Å²) in [5.41, 5.74) is -0.784. The van der Waals surface area contributed by atoms with E-state index in [0.29, 0.717) is 18.4 Å². The molecule has 7 nitrogen and oxygen atoms in total. The number of aromatic nitrogens is 2. The molecule has 0 saturated heterocycles. The molecular weight excluding hydrogens is 336 g/mol. The lowest BCUT2D eigenvalue weighted by molar-refractivity contribution is 0.0519. The first-order valence-electron chi connectivity index (χ1n) is 9.91. The van der Waals surface area contributed by atoms with Crippen molar-refractivity contribution in [2.75, 3.05) is 13.6 Å². The Kier molecular flexibility index (Phi) is 5.05. The number of carbonyl (C=O) groups is 1. The molecule has 0 atom stereocenters. The fraction of sp³-hybridized carbons (Fsp3) is 0.421. The molecule has 0 bridgehead atoms. The van der Waals surface area contributed by atoms with Gasteiger partial charge in [0.1, 0.15) is 11.6 Å². The van der Waals surface area contributed by atoms with E-state index in [0.717, 1.165) is 11.0 Å². The van der Waals surface area contributed by atoms with Crippen molar-refractivity contribution in [3.63, 3.8) is 0 Å². The van der Waals surface area contributed by atoms with Crippen LogP contribution in [0.3, 0.4) is 0 Å². The van der Waals surface area contributed by atoms with Gasteiger partial charge in [-0.15, -0.1) is 0 Å². The number of esters is 1. The van der Waals surface area contributed by atoms with Gasteiger partial charge in [-0.2, -0.15) is 4.98 Å². The van der Waals surface area contributed by atoms with E-state index in [1.807, 2.05) is 6.92 Å². The average molecular weight is 363 g/mol. The first-order chi connectivity index (χ1) is 13.6. The molecule has 140 valence electrons. The van der Waals surface area contributed by atoms with E-state index >= 15 is 0 Å². The van der Waals surface area contributed by atoms with Crippen molar-refractivity contribution >= 4 is 5.97 Å². The van der Waals surface area contributed by atoms with Crippen molar-refractivity contribution in [1.82, 2.24) is 9.55 Å². The third kappa shape index (κ3) is 3.71. The summed E-state index contributed by atoms with van der Waals surface area (Å²) >= 11 is 0. The summed E-state index contributed by atoms with van der Waals surface area (Å²) in [5.74, 6) is -1.60. The van der Waals surface area contributed by atoms with Crippen molar-refractivity contribution in [2.24, 2.45) is 0 Å². The number of carbonyl (C=O) groups excluding carboxylic acids is 1. The van der Waals surface area contributed by atoms with Gasteiger partial charge < -0.3 is 14.6 Å². The molecular formula is C19H24N2O5. The molecule has 7 heteroatoms. The molecule has 2 rings (SSSR count). The van der Waals surface area contributed by atoms with Crippen LogP contribution in [-0.2, 0) is 11.2 Å². The van der Waals surface area contributed by atoms with Crippen LogP contribution >= 0.6 is 0 Å². The third-order valence-corrected chi connectivity index (χ3v) is 3.90. The van der Waals surface area contributed by atoms with Crippen LogP contribution in [0.5, 0.6) is 11.6 Å². The van der Waals surface area contributed by atoms with E-state index in [4.69, 9.17) is 13.6 Å². The minimum absolute atomic E-state index is 0.00702. The second kappa shape index (κ2) is 8.51. The van der Waals surface area contributed by atoms with Crippen molar-refractivity contribution in [1.29, 1.82) is 0 Å². The zero-order valence-electron chi connectivity index (χ0n) is 18.0. The fourth-order valence-corrected chi connectivity index (χ4v) is 2.67. The van der Waals surface area contributed by atoms with Gasteiger partial charge in [-0.3, -0.25) is 9.36 Å². The van der Waals surface area contributed by atoms with Crippen LogP contribution in [0.15, 0.2) is 23.0 Å². The number of hydrogen-bond acceptors (Lipinski definition) is 6. The van der Waals surface area contributed by atoms with Crippen LogP contribution in [0.4, 0.5) is 0 Å². The van der Waals surface area contributed by atoms with E-state index in [1.165, 1.54) is 6.07 Å². The van der Waals surface area contributed by atoms with Gasteiger partial charge in [-0.05, 0) is 31.9 Å². The predicted molar refractivity (Wildman–Crippen MR) is 97.4 cm³/mol. The number of aryl methyl sites for hydroxylation is 2. The number of nitrogens with zero attached hydrogens (tertiary/aromatic N) is 2. The minimum atomic E-state index is -2.75. The maximum absolute atomic E-state index is 13.2. The Morgan fingerprint density at radius 2 is 2.15 bits per heavy atom. The van der Waals surface area contributed by atoms with Crippen LogP contribution in [-0.4, -0.2) is 34.3 Å². The number of unbranched alkanes of at least 4 members (excludes halogenated alkanes) is 1. The number of ether oxygens (including phenoxy) is 2. The molecule has 0 aliphatic carbocycles. The monoisotopic (exact) mass is 363 g/mol. The maximum atomic E-state index is 13.2. The molecule has 0 amide bonds. The van der Waals surface area contributed by atoms with Gasteiger partial charge in [-0.1, -0.05) is 25.5 Å². The molecule has 0 aliphatic rings. The largest absolute Gasteiger partial charge is 0.495 e. The lowest BCUT2D eigenvalue weighted by atomic mass is 10.1. The summed E-state index contributed by atoms with van der Waals surface area (Å²) in [4.78, 5) is 29.5. The Hall–Kier alpha value is -2.83. The van der Waals surface area contributed by atoms with Crippen molar-refractivity contribution in [3.8, 4) is 17.3 Å². The van der Waals surface area contributed by atoms with E-state index in [-0.39, 0.29) is 23.9 Å². The molecule has 1 heterocycles. The molecule has 0 aliphatic heterocycles. The number of methoxy groups -OCH3 is 1. The molecule has 0 fully saturated rings. The normalized spacial score (nSPS) is 12.8. The molecule has 1 aromatic heterocycles. The highest BCUT2D eigenvalue weighted by atomic mass is 16.5. The van der Waals surface area contributed by atoms with Gasteiger partial charge in [0.05, 0.1) is 23.4 Å². The number of hydrogen-bond donors (Lipinski definition) is 1. The summed E-state index contributed by atoms with van der Waals surface area (Å²) in [6.45, 7) is 5.20. The molecule has 1 aromatic carbocycles. The molecule has 2 aromatic rings. The van der Waals surface area contributed by atoms with Crippen molar-refractivity contribution in [3.05, 3.63) is 45.5 Å². The second-order valence-electron chi connectivity index (χ2n) is 5.71. The van der Waals surface area contributed by atoms with Gasteiger partial charge in [0.15, 0.2) is 5.56 Å². The molecule has 0 spiro atoms. The fourth-order valence-electron chi connectivity index (χ4n) is 2.67. The summed E-state index contributed by atoms with van der Waals surface area (Å²) in [7, 11) is -2.75. The Morgan fingerprint density at radius 1 is 1.38 bits per heavy atom. The lowest BCUT2D eigenvalue weighted by Crippen LogP contribution is -2.31. The van der Waals surface area contributed by atoms with E-state index in [9.17, 15) is 14.7 Å². The highest BCUT2D eigenvalue weighted by Gasteiger charge is 2.25. The average Bonchev–Trinajstić information content (AvgIpc) is 2.60. The summed E-state index contributed by atoms with van der Waals surface area (Å²) in [5, 5.41) is 10.2. The van der Waals surface area contributed by atoms with Crippen LogP contribution < -0.4 is 10.3 Å². The van der Waals surface area contributed by atoms with Crippen LogP contribution in [0.2, 0.25) is 0 Å². The molecule has 1 N–H and O–H groups in total. The van der Waals surface area contributed by atoms with Gasteiger partial charge >= 0.3 is 5.97 Å². The summed E-state index contributed by atoms with van der Waals surface area (Å²) in [6.07, 6.45) is 1.78. The minimum Gasteiger partial charge on any atom is -0.495 e. The standard InChI is InChI=1S/C19H24N2O5/c1-5-7-11-14-20-17(22)15(19(24)26-6-2)18(23)21(14)16-12(3)9-8-10-13(16)25-4/h8-10,22H,5-7,11H2,1-4H3/i4D3. The number of rotatable bonds is 7. The van der Waals surface area contributed by atoms with Gasteiger partial charge in [-0.25, -0.2) is 4.79 Å². The Balaban J connectivity index is 2.85. The van der Waals surface area contributed by atoms with Crippen molar-refractivity contribution in [2.45, 2.75) is 40.0 Å². The van der Waals surface area contributed by atoms with E-state index in [1.54, 1.807) is 26.0 Å². The van der Waals surface area contributed by atoms with Gasteiger partial charge in [0, 0.05) is 6.42 Å². The molecule has 26 heavy (non-hydrogen) atoms. The number of benzene rings is 1. The molecule has 0 unspecified atom stereocenters. The van der Waals surface area contributed by atoms with E-state index in [2.05, 4.69) is 4.98 Å². The quantitative estimate of drug-likeness (QED) is 0.761. The van der Waals surface area contributed by atoms with Crippen LogP contribution in [0.1, 0.15) is 52.5 Å². The highest BCUT2D eigenvalue weighted by Crippen LogP contribution is 2.27. The van der Waals surface area contributed by atoms with E-state index < -0.39 is 30.0 Å². The predicted octanol–water partition coefficient (Wildman–Crippen LogP) is 2.77. The SMILES string of the molecule is [2H]C([2H])([2H])Oc1cccc(C)c1-n1c(CCCC)nc(O)c(C(=O)OCC)c1=O. The maximum Gasteiger partial charge on any atom is 0.349 e. The van der Waals surface area contributed by atoms with Gasteiger partial charge in [0.25, 0.3) is 5.56 Å². The first kappa shape index (κ1) is 15.4. The molecule has 0 saturated carbocycles. The van der Waals surface area contributed by atoms with Crippen LogP contribution in [0.25, 0.3) is 5.69 Å². The third-order valence-electron chi connectivity index (χ3n) is 3.90. The Labute approximate surface area is 156 Å². The zero-order chi connectivity index (χ0) is 21.8. The summed E-state index contributed by atoms with van der Waals surface area (Å²) < 4.78 is 33.3. The number of aromatic hydroxyl groups is 1. The topological polar surface area (TPSA) is 90.7 Å². The highest BCUT2D eigenvalue weighted by molar-refractivity contribution is 5.91. The lowest BCUT2D eigenvalue weighted by Gasteiger charge is -2.18. The van der Waals surface area contributed by atoms with Gasteiger partial charge in [0.2, 0.25) is 5.88 Å². The molecule has 0 radical (unpaired) electrons.